The summed E-state index contributed by atoms with van der Waals surface area (Å²) in [4.78, 5) is 7.93. The number of rotatable bonds is 1. The summed E-state index contributed by atoms with van der Waals surface area (Å²) in [6, 6.07) is 11.0. The summed E-state index contributed by atoms with van der Waals surface area (Å²) in [7, 11) is 0. The van der Waals surface area contributed by atoms with Crippen molar-refractivity contribution < 1.29 is 0 Å². The van der Waals surface area contributed by atoms with E-state index in [4.69, 9.17) is 11.6 Å². The van der Waals surface area contributed by atoms with Gasteiger partial charge in [0.25, 0.3) is 0 Å². The average molecular weight is 324 g/mol. The fraction of sp³-hybridized carbons (Fsp3) is 0.316. The molecular weight excluding hydrogens is 306 g/mol. The largest absolute Gasteiger partial charge is 0.369 e. The van der Waals surface area contributed by atoms with E-state index in [0.717, 1.165) is 31.6 Å². The number of halogens is 1. The van der Waals surface area contributed by atoms with Gasteiger partial charge in [0.2, 0.25) is 0 Å². The third-order valence-corrected chi connectivity index (χ3v) is 5.86. The minimum absolute atomic E-state index is 0.183. The minimum atomic E-state index is 0.183. The normalized spacial score (nSPS) is 25.9. The van der Waals surface area contributed by atoms with E-state index >= 15 is 0 Å². The smallest absolute Gasteiger partial charge is 0.129 e. The highest BCUT2D eigenvalue weighted by Gasteiger charge is 2.45. The molecule has 1 saturated carbocycles. The summed E-state index contributed by atoms with van der Waals surface area (Å²) in [5, 5.41) is 5.01. The molecular formula is C19H18ClN3. The van der Waals surface area contributed by atoms with Crippen LogP contribution in [0.5, 0.6) is 0 Å². The van der Waals surface area contributed by atoms with E-state index in [2.05, 4.69) is 45.6 Å². The number of pyridine rings is 1. The number of nitrogens with one attached hydrogen (secondary N) is 2. The van der Waals surface area contributed by atoms with Gasteiger partial charge in [0.05, 0.1) is 0 Å². The molecule has 1 aliphatic carbocycles. The maximum atomic E-state index is 6.41. The van der Waals surface area contributed by atoms with Gasteiger partial charge in [0.1, 0.15) is 5.82 Å². The lowest BCUT2D eigenvalue weighted by molar-refractivity contribution is 0.490. The van der Waals surface area contributed by atoms with Crippen LogP contribution in [-0.2, 0) is 5.41 Å². The lowest BCUT2D eigenvalue weighted by atomic mass is 9.81. The molecule has 2 N–H and O–H groups in total. The van der Waals surface area contributed by atoms with Gasteiger partial charge >= 0.3 is 0 Å². The van der Waals surface area contributed by atoms with Crippen LogP contribution in [0, 0.1) is 0 Å². The monoisotopic (exact) mass is 323 g/mol. The molecule has 2 aliphatic rings. The maximum absolute atomic E-state index is 6.41. The zero-order chi connectivity index (χ0) is 15.4. The van der Waals surface area contributed by atoms with Crippen molar-refractivity contribution >= 4 is 28.3 Å². The molecule has 2 unspecified atom stereocenters. The summed E-state index contributed by atoms with van der Waals surface area (Å²) in [5.41, 5.74) is 5.11. The Balaban J connectivity index is 1.61. The molecule has 5 rings (SSSR count). The van der Waals surface area contributed by atoms with Gasteiger partial charge in [0.15, 0.2) is 0 Å². The fourth-order valence-electron chi connectivity index (χ4n) is 4.21. The number of hydrogen-bond acceptors (Lipinski definition) is 2. The fourth-order valence-corrected chi connectivity index (χ4v) is 4.62. The van der Waals surface area contributed by atoms with Gasteiger partial charge in [-0.05, 0) is 54.5 Å². The highest BCUT2D eigenvalue weighted by atomic mass is 35.5. The maximum Gasteiger partial charge on any atom is 0.129 e. The van der Waals surface area contributed by atoms with E-state index in [0.29, 0.717) is 5.38 Å². The average Bonchev–Trinajstić information content (AvgIpc) is 3.27. The van der Waals surface area contributed by atoms with Crippen molar-refractivity contribution in [2.45, 2.75) is 30.1 Å². The van der Waals surface area contributed by atoms with Gasteiger partial charge in [-0.15, -0.1) is 11.6 Å². The lowest BCUT2D eigenvalue weighted by Gasteiger charge is -2.23. The molecule has 3 aromatic rings. The van der Waals surface area contributed by atoms with E-state index in [9.17, 15) is 0 Å². The molecule has 3 nitrogen and oxygen atoms in total. The summed E-state index contributed by atoms with van der Waals surface area (Å²) >= 11 is 6.41. The quantitative estimate of drug-likeness (QED) is 0.638. The number of fused-ring (bicyclic) bond motifs is 3. The SMILES string of the molecule is ClC1CCC2(CNc3ncc(-c4ccc5[nH]ccc5c4)cc32)C1. The van der Waals surface area contributed by atoms with E-state index in [1.165, 1.54) is 27.6 Å². The van der Waals surface area contributed by atoms with Crippen molar-refractivity contribution in [3.05, 3.63) is 48.3 Å². The Labute approximate surface area is 140 Å². The third kappa shape index (κ3) is 1.99. The molecule has 0 saturated heterocycles. The Bertz CT molecular complexity index is 897. The highest BCUT2D eigenvalue weighted by molar-refractivity contribution is 6.20. The molecule has 0 amide bonds. The Morgan fingerprint density at radius 1 is 1.17 bits per heavy atom. The number of H-pyrrole nitrogens is 1. The van der Waals surface area contributed by atoms with Gasteiger partial charge in [-0.3, -0.25) is 0 Å². The second kappa shape index (κ2) is 4.75. The lowest BCUT2D eigenvalue weighted by Crippen LogP contribution is -2.25. The Hall–Kier alpha value is -2.00. The predicted molar refractivity (Wildman–Crippen MR) is 95.2 cm³/mol. The van der Waals surface area contributed by atoms with E-state index in [1.54, 1.807) is 0 Å². The first-order valence-electron chi connectivity index (χ1n) is 8.20. The number of alkyl halides is 1. The van der Waals surface area contributed by atoms with Crippen LogP contribution in [-0.4, -0.2) is 21.9 Å². The van der Waals surface area contributed by atoms with Crippen molar-refractivity contribution in [2.24, 2.45) is 0 Å². The van der Waals surface area contributed by atoms with Crippen molar-refractivity contribution in [1.29, 1.82) is 0 Å². The Morgan fingerprint density at radius 3 is 3.00 bits per heavy atom. The second-order valence-corrected chi connectivity index (χ2v) is 7.49. The van der Waals surface area contributed by atoms with Crippen LogP contribution in [0.1, 0.15) is 24.8 Å². The molecule has 0 radical (unpaired) electrons. The molecule has 1 aliphatic heterocycles. The Morgan fingerprint density at radius 2 is 2.13 bits per heavy atom. The number of benzene rings is 1. The zero-order valence-electron chi connectivity index (χ0n) is 12.8. The van der Waals surface area contributed by atoms with Crippen LogP contribution in [0.25, 0.3) is 22.0 Å². The second-order valence-electron chi connectivity index (χ2n) is 6.87. The topological polar surface area (TPSA) is 40.7 Å². The van der Waals surface area contributed by atoms with Gasteiger partial charge in [-0.2, -0.15) is 0 Å². The molecule has 2 aromatic heterocycles. The summed E-state index contributed by atoms with van der Waals surface area (Å²) in [6.07, 6.45) is 7.27. The van der Waals surface area contributed by atoms with E-state index < -0.39 is 0 Å². The van der Waals surface area contributed by atoms with Crippen molar-refractivity contribution in [2.75, 3.05) is 11.9 Å². The number of anilines is 1. The molecule has 3 heterocycles. The first-order chi connectivity index (χ1) is 11.2. The van der Waals surface area contributed by atoms with Crippen LogP contribution >= 0.6 is 11.6 Å². The predicted octanol–water partition coefficient (Wildman–Crippen LogP) is 4.68. The van der Waals surface area contributed by atoms with E-state index in [1.807, 2.05) is 12.4 Å². The van der Waals surface area contributed by atoms with Crippen molar-refractivity contribution in [3.63, 3.8) is 0 Å². The van der Waals surface area contributed by atoms with Gasteiger partial charge in [-0.25, -0.2) is 4.98 Å². The van der Waals surface area contributed by atoms with Crippen LogP contribution < -0.4 is 5.32 Å². The van der Waals surface area contributed by atoms with Crippen LogP contribution in [0.15, 0.2) is 42.7 Å². The molecule has 4 heteroatoms. The summed E-state index contributed by atoms with van der Waals surface area (Å²) in [5.74, 6) is 1.04. The van der Waals surface area contributed by atoms with Crippen LogP contribution in [0.2, 0.25) is 0 Å². The number of aromatic nitrogens is 2. The molecule has 1 fully saturated rings. The van der Waals surface area contributed by atoms with Gasteiger partial charge in [0, 0.05) is 46.4 Å². The molecule has 2 atom stereocenters. The summed E-state index contributed by atoms with van der Waals surface area (Å²) in [6.45, 7) is 0.971. The molecule has 1 aromatic carbocycles. The van der Waals surface area contributed by atoms with Crippen molar-refractivity contribution in [3.8, 4) is 11.1 Å². The number of hydrogen-bond donors (Lipinski definition) is 2. The zero-order valence-corrected chi connectivity index (χ0v) is 13.5. The highest BCUT2D eigenvalue weighted by Crippen LogP contribution is 2.49. The van der Waals surface area contributed by atoms with Gasteiger partial charge in [-0.1, -0.05) is 6.07 Å². The molecule has 23 heavy (non-hydrogen) atoms. The van der Waals surface area contributed by atoms with E-state index in [-0.39, 0.29) is 5.41 Å². The first-order valence-corrected chi connectivity index (χ1v) is 8.63. The standard InChI is InChI=1S/C19H18ClN3/c20-15-3-5-19(9-15)11-23-18-16(19)8-14(10-22-18)12-1-2-17-13(7-12)4-6-21-17/h1-2,4,6-8,10,15,21H,3,5,9,11H2,(H,22,23). The number of aromatic amines is 1. The minimum Gasteiger partial charge on any atom is -0.369 e. The first kappa shape index (κ1) is 13.4. The molecule has 1 spiro atoms. The molecule has 116 valence electrons. The number of nitrogens with zero attached hydrogens (tertiary/aromatic N) is 1. The molecule has 0 bridgehead atoms. The Kier molecular flexibility index (Phi) is 2.77. The van der Waals surface area contributed by atoms with Crippen LogP contribution in [0.4, 0.5) is 5.82 Å². The van der Waals surface area contributed by atoms with Crippen molar-refractivity contribution in [1.82, 2.24) is 9.97 Å². The summed E-state index contributed by atoms with van der Waals surface area (Å²) < 4.78 is 0. The third-order valence-electron chi connectivity index (χ3n) is 5.49. The van der Waals surface area contributed by atoms with Gasteiger partial charge < -0.3 is 10.3 Å². The van der Waals surface area contributed by atoms with Crippen LogP contribution in [0.3, 0.4) is 0 Å².